The average Bonchev–Trinajstić information content (AvgIpc) is 2.98. The number of nitrogens with one attached hydrogen (secondary N) is 3. The standard InChI is InChI=1S/C33H49N5O7/c1-19(2)30(35-21(5)39)32(42)28(29(34)24-12-10-9-11-13-24)25(41)18-38(37-33(43)31(20(3)4)36-22(6)40)17-23-14-15-26(44-7)27(16-23)45-8/h9-16,19-20,25,28-31,41H,17-18,34H2,1-8H3,(H,35,39)(H,36,40)(H,37,43)/t25-,28?,29?,30-,31-/m0/s1. The lowest BCUT2D eigenvalue weighted by molar-refractivity contribution is -0.136. The van der Waals surface area contributed by atoms with Gasteiger partial charge in [0, 0.05) is 33.0 Å². The minimum absolute atomic E-state index is 0.0921. The van der Waals surface area contributed by atoms with Crippen LogP contribution >= 0.6 is 0 Å². The largest absolute Gasteiger partial charge is 0.493 e. The summed E-state index contributed by atoms with van der Waals surface area (Å²) in [7, 11) is 3.03. The third-order valence-electron chi connectivity index (χ3n) is 7.45. The minimum atomic E-state index is -1.39. The highest BCUT2D eigenvalue weighted by molar-refractivity contribution is 5.91. The van der Waals surface area contributed by atoms with Gasteiger partial charge in [0.05, 0.1) is 32.3 Å². The van der Waals surface area contributed by atoms with Gasteiger partial charge < -0.3 is 30.9 Å². The molecule has 2 aromatic rings. The zero-order chi connectivity index (χ0) is 33.8. The summed E-state index contributed by atoms with van der Waals surface area (Å²) in [5.74, 6) is -2.39. The van der Waals surface area contributed by atoms with Gasteiger partial charge in [0.15, 0.2) is 17.3 Å². The van der Waals surface area contributed by atoms with Gasteiger partial charge in [-0.1, -0.05) is 64.1 Å². The molecule has 45 heavy (non-hydrogen) atoms. The number of carbonyl (C=O) groups is 4. The van der Waals surface area contributed by atoms with E-state index < -0.39 is 41.8 Å². The van der Waals surface area contributed by atoms with Crippen molar-refractivity contribution in [1.29, 1.82) is 0 Å². The molecule has 0 aliphatic carbocycles. The number of aliphatic hydroxyl groups is 1. The quantitative estimate of drug-likeness (QED) is 0.165. The van der Waals surface area contributed by atoms with Crippen LogP contribution in [0.4, 0.5) is 0 Å². The van der Waals surface area contributed by atoms with E-state index in [0.717, 1.165) is 0 Å². The molecule has 0 aromatic heterocycles. The van der Waals surface area contributed by atoms with Crippen molar-refractivity contribution in [3.8, 4) is 11.5 Å². The van der Waals surface area contributed by atoms with Gasteiger partial charge in [-0.15, -0.1) is 0 Å². The van der Waals surface area contributed by atoms with Crippen molar-refractivity contribution in [2.45, 2.75) is 72.3 Å². The van der Waals surface area contributed by atoms with E-state index in [1.165, 1.54) is 33.1 Å². The highest BCUT2D eigenvalue weighted by atomic mass is 16.5. The Bertz CT molecular complexity index is 1290. The molecule has 12 nitrogen and oxygen atoms in total. The van der Waals surface area contributed by atoms with Crippen LogP contribution in [0.2, 0.25) is 0 Å². The van der Waals surface area contributed by atoms with Crippen LogP contribution in [0.5, 0.6) is 11.5 Å². The van der Waals surface area contributed by atoms with Crippen LogP contribution in [0, 0.1) is 17.8 Å². The van der Waals surface area contributed by atoms with Gasteiger partial charge in [0.25, 0.3) is 5.91 Å². The fourth-order valence-corrected chi connectivity index (χ4v) is 5.15. The zero-order valence-corrected chi connectivity index (χ0v) is 27.5. The van der Waals surface area contributed by atoms with E-state index in [4.69, 9.17) is 15.2 Å². The molecular formula is C33H49N5O7. The molecule has 0 radical (unpaired) electrons. The second-order valence-electron chi connectivity index (χ2n) is 11.8. The first-order chi connectivity index (χ1) is 21.2. The van der Waals surface area contributed by atoms with E-state index in [1.54, 1.807) is 70.2 Å². The molecule has 0 heterocycles. The molecule has 0 spiro atoms. The minimum Gasteiger partial charge on any atom is -0.493 e. The topological polar surface area (TPSA) is 172 Å². The number of carbonyl (C=O) groups excluding carboxylic acids is 4. The Kier molecular flexibility index (Phi) is 14.4. The summed E-state index contributed by atoms with van der Waals surface area (Å²) in [6.45, 7) is 9.73. The molecule has 6 N–H and O–H groups in total. The number of rotatable bonds is 17. The summed E-state index contributed by atoms with van der Waals surface area (Å²) < 4.78 is 10.8. The molecule has 0 bridgehead atoms. The Labute approximate surface area is 266 Å². The summed E-state index contributed by atoms with van der Waals surface area (Å²) in [4.78, 5) is 51.4. The molecule has 0 fully saturated rings. The van der Waals surface area contributed by atoms with Crippen LogP contribution in [0.15, 0.2) is 48.5 Å². The van der Waals surface area contributed by atoms with Gasteiger partial charge in [0.2, 0.25) is 11.8 Å². The van der Waals surface area contributed by atoms with Crippen LogP contribution in [0.25, 0.3) is 0 Å². The van der Waals surface area contributed by atoms with Crippen LogP contribution in [-0.2, 0) is 25.7 Å². The first-order valence-electron chi connectivity index (χ1n) is 15.0. The monoisotopic (exact) mass is 627 g/mol. The molecular weight excluding hydrogens is 578 g/mol. The van der Waals surface area contributed by atoms with Crippen molar-refractivity contribution < 1.29 is 33.8 Å². The summed E-state index contributed by atoms with van der Waals surface area (Å²) in [6.07, 6.45) is -1.39. The van der Waals surface area contributed by atoms with Gasteiger partial charge in [-0.25, -0.2) is 5.01 Å². The zero-order valence-electron chi connectivity index (χ0n) is 27.5. The van der Waals surface area contributed by atoms with Crippen molar-refractivity contribution >= 4 is 23.5 Å². The molecule has 0 saturated heterocycles. The number of ketones is 1. The molecule has 2 aromatic carbocycles. The second kappa shape index (κ2) is 17.5. The van der Waals surface area contributed by atoms with E-state index in [0.29, 0.717) is 22.6 Å². The van der Waals surface area contributed by atoms with E-state index in [2.05, 4.69) is 16.1 Å². The fraction of sp³-hybridized carbons (Fsp3) is 0.515. The Balaban J connectivity index is 2.55. The third kappa shape index (κ3) is 10.8. The van der Waals surface area contributed by atoms with Crippen LogP contribution in [0.3, 0.4) is 0 Å². The molecule has 2 unspecified atom stereocenters. The van der Waals surface area contributed by atoms with Gasteiger partial charge in [-0.3, -0.25) is 24.6 Å². The van der Waals surface area contributed by atoms with Gasteiger partial charge in [-0.2, -0.15) is 0 Å². The van der Waals surface area contributed by atoms with Crippen LogP contribution < -0.4 is 31.3 Å². The van der Waals surface area contributed by atoms with Gasteiger partial charge in [0.1, 0.15) is 6.04 Å². The predicted octanol–water partition coefficient (Wildman–Crippen LogP) is 2.10. The van der Waals surface area contributed by atoms with Crippen LogP contribution in [-0.4, -0.2) is 72.6 Å². The number of nitrogens with two attached hydrogens (primary N) is 1. The summed E-state index contributed by atoms with van der Waals surface area (Å²) >= 11 is 0. The fourth-order valence-electron chi connectivity index (χ4n) is 5.15. The highest BCUT2D eigenvalue weighted by Gasteiger charge is 2.40. The summed E-state index contributed by atoms with van der Waals surface area (Å²) in [5, 5.41) is 18.7. The molecule has 0 aliphatic heterocycles. The number of Topliss-reactive ketones (excluding diaryl/α,β-unsaturated/α-hetero) is 1. The van der Waals surface area contributed by atoms with Gasteiger partial charge in [-0.05, 0) is 35.1 Å². The first kappa shape index (κ1) is 37.2. The molecule has 0 saturated carbocycles. The number of hydrogen-bond acceptors (Lipinski definition) is 9. The lowest BCUT2D eigenvalue weighted by Gasteiger charge is -2.35. The van der Waals surface area contributed by atoms with E-state index >= 15 is 0 Å². The van der Waals surface area contributed by atoms with E-state index in [1.807, 2.05) is 6.07 Å². The first-order valence-corrected chi connectivity index (χ1v) is 15.0. The maximum absolute atomic E-state index is 14.1. The maximum Gasteiger partial charge on any atom is 0.257 e. The number of amides is 3. The molecule has 5 atom stereocenters. The van der Waals surface area contributed by atoms with Crippen molar-refractivity contribution in [2.24, 2.45) is 23.5 Å². The number of nitrogens with zero attached hydrogens (tertiary/aromatic N) is 1. The predicted molar refractivity (Wildman–Crippen MR) is 171 cm³/mol. The number of hydrogen-bond donors (Lipinski definition) is 5. The number of methoxy groups -OCH3 is 2. The Morgan fingerprint density at radius 2 is 1.40 bits per heavy atom. The average molecular weight is 628 g/mol. The third-order valence-corrected chi connectivity index (χ3v) is 7.45. The SMILES string of the molecule is COc1ccc(CN(C[C@H](O)C(C(=O)[C@@H](NC(C)=O)C(C)C)C(N)c2ccccc2)NC(=O)[C@@H](NC(C)=O)C(C)C)cc1OC. The number of hydrazine groups is 1. The van der Waals surface area contributed by atoms with Crippen molar-refractivity contribution in [3.05, 3.63) is 59.7 Å². The Morgan fingerprint density at radius 1 is 0.844 bits per heavy atom. The molecule has 0 aliphatic rings. The molecule has 2 rings (SSSR count). The smallest absolute Gasteiger partial charge is 0.257 e. The molecule has 12 heteroatoms. The Hall–Kier alpha value is -4.00. The second-order valence-corrected chi connectivity index (χ2v) is 11.8. The van der Waals surface area contributed by atoms with Crippen molar-refractivity contribution in [3.63, 3.8) is 0 Å². The molecule has 3 amide bonds. The van der Waals surface area contributed by atoms with Crippen molar-refractivity contribution in [2.75, 3.05) is 20.8 Å². The highest BCUT2D eigenvalue weighted by Crippen LogP contribution is 2.29. The van der Waals surface area contributed by atoms with Crippen molar-refractivity contribution in [1.82, 2.24) is 21.1 Å². The molecule has 248 valence electrons. The lowest BCUT2D eigenvalue weighted by atomic mass is 9.80. The summed E-state index contributed by atoms with van der Waals surface area (Å²) in [6, 6.07) is 11.5. The lowest BCUT2D eigenvalue weighted by Crippen LogP contribution is -2.57. The van der Waals surface area contributed by atoms with Crippen LogP contribution in [0.1, 0.15) is 58.7 Å². The van der Waals surface area contributed by atoms with E-state index in [9.17, 15) is 24.3 Å². The van der Waals surface area contributed by atoms with E-state index in [-0.39, 0.29) is 36.7 Å². The Morgan fingerprint density at radius 3 is 1.91 bits per heavy atom. The number of benzene rings is 2. The number of aliphatic hydroxyl groups excluding tert-OH is 1. The number of ether oxygens (including phenoxy) is 2. The normalized spacial score (nSPS) is 14.7. The van der Waals surface area contributed by atoms with Gasteiger partial charge >= 0.3 is 0 Å². The maximum atomic E-state index is 14.1. The summed E-state index contributed by atoms with van der Waals surface area (Å²) in [5.41, 5.74) is 10.8.